The van der Waals surface area contributed by atoms with Gasteiger partial charge in [-0.1, -0.05) is 37.6 Å². The number of nitrogens with zero attached hydrogens (tertiary/aromatic N) is 1. The second-order valence-corrected chi connectivity index (χ2v) is 7.15. The molecule has 0 aliphatic heterocycles. The van der Waals surface area contributed by atoms with Crippen molar-refractivity contribution in [3.05, 3.63) is 64.8 Å². The van der Waals surface area contributed by atoms with Crippen molar-refractivity contribution >= 4 is 23.2 Å². The lowest BCUT2D eigenvalue weighted by molar-refractivity contribution is 0.102. The molecule has 27 heavy (non-hydrogen) atoms. The van der Waals surface area contributed by atoms with Crippen molar-refractivity contribution in [3.8, 4) is 17.0 Å². The summed E-state index contributed by atoms with van der Waals surface area (Å²) in [7, 11) is 1.62. The normalized spacial score (nSPS) is 10.9. The Bertz CT molecular complexity index is 933. The highest BCUT2D eigenvalue weighted by Gasteiger charge is 2.19. The smallest absolute Gasteiger partial charge is 0.255 e. The summed E-state index contributed by atoms with van der Waals surface area (Å²) >= 11 is 5.92. The van der Waals surface area contributed by atoms with Crippen molar-refractivity contribution in [2.75, 3.05) is 12.4 Å². The Labute approximate surface area is 163 Å². The number of benzene rings is 2. The predicted octanol–water partition coefficient (Wildman–Crippen LogP) is 5.19. The van der Waals surface area contributed by atoms with E-state index in [0.29, 0.717) is 27.9 Å². The van der Waals surface area contributed by atoms with Gasteiger partial charge in [-0.2, -0.15) is 5.10 Å². The quantitative estimate of drug-likeness (QED) is 0.615. The molecule has 2 aromatic carbocycles. The maximum atomic E-state index is 12.7. The Balaban J connectivity index is 1.98. The molecule has 0 radical (unpaired) electrons. The number of hydrogen-bond acceptors (Lipinski definition) is 3. The molecule has 1 amide bonds. The number of H-pyrrole nitrogens is 1. The summed E-state index contributed by atoms with van der Waals surface area (Å²) < 4.78 is 5.31. The van der Waals surface area contributed by atoms with Crippen LogP contribution in [0, 0.1) is 5.92 Å². The Kier molecular flexibility index (Phi) is 5.81. The molecule has 0 spiro atoms. The van der Waals surface area contributed by atoms with Crippen LogP contribution >= 0.6 is 11.6 Å². The first kappa shape index (κ1) is 19.0. The molecule has 0 saturated heterocycles. The van der Waals surface area contributed by atoms with E-state index in [0.717, 1.165) is 23.4 Å². The van der Waals surface area contributed by atoms with E-state index in [2.05, 4.69) is 29.4 Å². The van der Waals surface area contributed by atoms with Crippen LogP contribution in [-0.2, 0) is 6.42 Å². The summed E-state index contributed by atoms with van der Waals surface area (Å²) in [6, 6.07) is 14.4. The van der Waals surface area contributed by atoms with Gasteiger partial charge in [0.1, 0.15) is 11.4 Å². The zero-order chi connectivity index (χ0) is 19.4. The van der Waals surface area contributed by atoms with Gasteiger partial charge in [-0.05, 0) is 48.7 Å². The number of aromatic amines is 1. The van der Waals surface area contributed by atoms with Gasteiger partial charge in [0.05, 0.1) is 18.5 Å². The van der Waals surface area contributed by atoms with Gasteiger partial charge in [0.2, 0.25) is 0 Å². The second-order valence-electron chi connectivity index (χ2n) is 6.72. The van der Waals surface area contributed by atoms with E-state index < -0.39 is 0 Å². The third kappa shape index (κ3) is 4.49. The van der Waals surface area contributed by atoms with Crippen LogP contribution < -0.4 is 10.1 Å². The molecule has 3 aromatic rings. The van der Waals surface area contributed by atoms with Crippen LogP contribution in [0.2, 0.25) is 5.02 Å². The lowest BCUT2D eigenvalue weighted by Gasteiger charge is -2.11. The highest BCUT2D eigenvalue weighted by Crippen LogP contribution is 2.32. The molecule has 140 valence electrons. The molecule has 2 N–H and O–H groups in total. The number of nitrogens with one attached hydrogen (secondary N) is 2. The lowest BCUT2D eigenvalue weighted by Crippen LogP contribution is -2.13. The topological polar surface area (TPSA) is 67.0 Å². The lowest BCUT2D eigenvalue weighted by atomic mass is 10.0. The molecule has 0 aliphatic rings. The maximum absolute atomic E-state index is 12.7. The monoisotopic (exact) mass is 383 g/mol. The van der Waals surface area contributed by atoms with Crippen molar-refractivity contribution in [3.63, 3.8) is 0 Å². The number of carbonyl (C=O) groups is 1. The van der Waals surface area contributed by atoms with E-state index in [1.54, 1.807) is 31.4 Å². The Morgan fingerprint density at radius 2 is 1.96 bits per heavy atom. The number of ether oxygens (including phenoxy) is 1. The van der Waals surface area contributed by atoms with E-state index in [9.17, 15) is 4.79 Å². The van der Waals surface area contributed by atoms with E-state index in [1.165, 1.54) is 0 Å². The van der Waals surface area contributed by atoms with Gasteiger partial charge in [-0.25, -0.2) is 0 Å². The zero-order valence-corrected chi connectivity index (χ0v) is 16.3. The zero-order valence-electron chi connectivity index (χ0n) is 15.5. The minimum Gasteiger partial charge on any atom is -0.497 e. The number of methoxy groups -OCH3 is 1. The molecule has 0 atom stereocenters. The molecule has 0 saturated carbocycles. The number of halogens is 1. The van der Waals surface area contributed by atoms with Gasteiger partial charge in [0.15, 0.2) is 0 Å². The number of anilines is 1. The molecule has 1 aromatic heterocycles. The fraction of sp³-hybridized carbons (Fsp3) is 0.238. The molecule has 0 aliphatic carbocycles. The highest BCUT2D eigenvalue weighted by atomic mass is 35.5. The third-order valence-electron chi connectivity index (χ3n) is 4.14. The summed E-state index contributed by atoms with van der Waals surface area (Å²) in [5.41, 5.74) is 3.67. The molecule has 1 heterocycles. The highest BCUT2D eigenvalue weighted by molar-refractivity contribution is 6.30. The van der Waals surface area contributed by atoms with Crippen molar-refractivity contribution in [1.82, 2.24) is 10.2 Å². The van der Waals surface area contributed by atoms with Crippen LogP contribution in [-0.4, -0.2) is 23.2 Å². The first-order valence-corrected chi connectivity index (χ1v) is 9.14. The van der Waals surface area contributed by atoms with Crippen molar-refractivity contribution in [2.45, 2.75) is 20.3 Å². The average molecular weight is 384 g/mol. The second kappa shape index (κ2) is 8.27. The van der Waals surface area contributed by atoms with Crippen molar-refractivity contribution < 1.29 is 9.53 Å². The SMILES string of the molecule is COc1cccc(-c2n[nH]c(CC(C)C)c2NC(=O)c2ccc(Cl)cc2)c1. The summed E-state index contributed by atoms with van der Waals surface area (Å²) in [6.45, 7) is 4.24. The Morgan fingerprint density at radius 1 is 1.22 bits per heavy atom. The summed E-state index contributed by atoms with van der Waals surface area (Å²) in [4.78, 5) is 12.7. The standard InChI is InChI=1S/C21H22ClN3O2/c1-13(2)11-18-20(23-21(26)14-7-9-16(22)10-8-14)19(25-24-18)15-5-4-6-17(12-15)27-3/h4-10,12-13H,11H2,1-3H3,(H,23,26)(H,24,25). The van der Waals surface area contributed by atoms with Gasteiger partial charge in [0, 0.05) is 16.1 Å². The van der Waals surface area contributed by atoms with Gasteiger partial charge in [-0.15, -0.1) is 0 Å². The van der Waals surface area contributed by atoms with Gasteiger partial charge in [0.25, 0.3) is 5.91 Å². The fourth-order valence-electron chi connectivity index (χ4n) is 2.83. The van der Waals surface area contributed by atoms with E-state index in [4.69, 9.17) is 16.3 Å². The number of aromatic nitrogens is 2. The maximum Gasteiger partial charge on any atom is 0.255 e. The molecular weight excluding hydrogens is 362 g/mol. The Morgan fingerprint density at radius 3 is 2.63 bits per heavy atom. The number of amides is 1. The van der Waals surface area contributed by atoms with Crippen molar-refractivity contribution in [1.29, 1.82) is 0 Å². The Hall–Kier alpha value is -2.79. The van der Waals surface area contributed by atoms with Crippen LogP contribution in [0.4, 0.5) is 5.69 Å². The van der Waals surface area contributed by atoms with Gasteiger partial charge >= 0.3 is 0 Å². The average Bonchev–Trinajstić information content (AvgIpc) is 3.04. The first-order valence-electron chi connectivity index (χ1n) is 8.76. The molecule has 5 nitrogen and oxygen atoms in total. The van der Waals surface area contributed by atoms with Crippen LogP contribution in [0.15, 0.2) is 48.5 Å². The van der Waals surface area contributed by atoms with E-state index in [-0.39, 0.29) is 5.91 Å². The molecule has 0 bridgehead atoms. The van der Waals surface area contributed by atoms with Crippen LogP contribution in [0.3, 0.4) is 0 Å². The van der Waals surface area contributed by atoms with Crippen LogP contribution in [0.5, 0.6) is 5.75 Å². The van der Waals surface area contributed by atoms with E-state index >= 15 is 0 Å². The van der Waals surface area contributed by atoms with Gasteiger partial charge in [-0.3, -0.25) is 9.89 Å². The predicted molar refractivity (Wildman–Crippen MR) is 109 cm³/mol. The minimum absolute atomic E-state index is 0.206. The third-order valence-corrected chi connectivity index (χ3v) is 4.39. The molecule has 0 unspecified atom stereocenters. The molecule has 6 heteroatoms. The van der Waals surface area contributed by atoms with Crippen LogP contribution in [0.1, 0.15) is 29.9 Å². The summed E-state index contributed by atoms with van der Waals surface area (Å²) in [5, 5.41) is 11.2. The molecule has 0 fully saturated rings. The van der Waals surface area contributed by atoms with Crippen molar-refractivity contribution in [2.24, 2.45) is 5.92 Å². The largest absolute Gasteiger partial charge is 0.497 e. The molecular formula is C21H22ClN3O2. The summed E-state index contributed by atoms with van der Waals surface area (Å²) in [6.07, 6.45) is 0.771. The fourth-order valence-corrected chi connectivity index (χ4v) is 2.96. The van der Waals surface area contributed by atoms with Gasteiger partial charge < -0.3 is 10.1 Å². The summed E-state index contributed by atoms with van der Waals surface area (Å²) in [5.74, 6) is 0.938. The minimum atomic E-state index is -0.206. The number of carbonyl (C=O) groups excluding carboxylic acids is 1. The number of rotatable bonds is 6. The first-order chi connectivity index (χ1) is 13.0. The molecule has 3 rings (SSSR count). The number of hydrogen-bond donors (Lipinski definition) is 2. The van der Waals surface area contributed by atoms with Crippen LogP contribution in [0.25, 0.3) is 11.3 Å². The van der Waals surface area contributed by atoms with E-state index in [1.807, 2.05) is 24.3 Å².